The summed E-state index contributed by atoms with van der Waals surface area (Å²) in [4.78, 5) is 16.8. The molecule has 1 aromatic carbocycles. The van der Waals surface area contributed by atoms with Crippen molar-refractivity contribution in [2.45, 2.75) is 38.3 Å². The van der Waals surface area contributed by atoms with E-state index < -0.39 is 0 Å². The highest BCUT2D eigenvalue weighted by Crippen LogP contribution is 2.22. The molecule has 1 aliphatic carbocycles. The Labute approximate surface area is 145 Å². The second kappa shape index (κ2) is 8.60. The van der Waals surface area contributed by atoms with Crippen molar-refractivity contribution in [3.05, 3.63) is 29.8 Å². The summed E-state index contributed by atoms with van der Waals surface area (Å²) in [7, 11) is 2.06. The van der Waals surface area contributed by atoms with E-state index in [0.29, 0.717) is 12.6 Å². The minimum atomic E-state index is 0.0744. The van der Waals surface area contributed by atoms with Crippen LogP contribution < -0.4 is 5.32 Å². The topological polar surface area (TPSA) is 44.8 Å². The monoisotopic (exact) mass is 331 g/mol. The molecule has 5 nitrogen and oxygen atoms in total. The van der Waals surface area contributed by atoms with Crippen LogP contribution in [0.1, 0.15) is 31.2 Å². The van der Waals surface area contributed by atoms with Crippen molar-refractivity contribution in [3.8, 4) is 0 Å². The van der Waals surface area contributed by atoms with Gasteiger partial charge >= 0.3 is 0 Å². The van der Waals surface area contributed by atoms with E-state index in [1.807, 2.05) is 12.1 Å². The van der Waals surface area contributed by atoms with Gasteiger partial charge in [-0.1, -0.05) is 25.0 Å². The van der Waals surface area contributed by atoms with E-state index in [1.54, 1.807) is 0 Å². The lowest BCUT2D eigenvalue weighted by atomic mass is 10.2. The molecule has 0 radical (unpaired) electrons. The van der Waals surface area contributed by atoms with Gasteiger partial charge in [-0.25, -0.2) is 0 Å². The van der Waals surface area contributed by atoms with Gasteiger partial charge in [-0.3, -0.25) is 14.6 Å². The molecule has 0 aromatic heterocycles. The molecular weight excluding hydrogens is 302 g/mol. The molecule has 24 heavy (non-hydrogen) atoms. The molecule has 1 saturated heterocycles. The third-order valence-corrected chi connectivity index (χ3v) is 5.09. The number of rotatable bonds is 6. The molecule has 2 aliphatic rings. The maximum absolute atomic E-state index is 12.2. The molecule has 3 rings (SSSR count). The molecular formula is C19H29N3O2. The molecule has 1 N–H and O–H groups in total. The predicted octanol–water partition coefficient (Wildman–Crippen LogP) is 2.33. The Bertz CT molecular complexity index is 520. The van der Waals surface area contributed by atoms with Gasteiger partial charge in [0.25, 0.3) is 0 Å². The van der Waals surface area contributed by atoms with Gasteiger partial charge in [0.1, 0.15) is 0 Å². The fourth-order valence-electron chi connectivity index (χ4n) is 3.61. The highest BCUT2D eigenvalue weighted by atomic mass is 16.5. The van der Waals surface area contributed by atoms with Crippen molar-refractivity contribution in [1.29, 1.82) is 0 Å². The number of carbonyl (C=O) groups excluding carboxylic acids is 1. The standard InChI is InChI=1S/C19H29N3O2/c1-21(18-4-2-3-5-18)15-19(23)20-17-8-6-16(7-9-17)14-22-10-12-24-13-11-22/h6-9,18H,2-5,10-15H2,1H3,(H,20,23). The Morgan fingerprint density at radius 1 is 1.21 bits per heavy atom. The van der Waals surface area contributed by atoms with Crippen molar-refractivity contribution < 1.29 is 9.53 Å². The minimum Gasteiger partial charge on any atom is -0.379 e. The van der Waals surface area contributed by atoms with Gasteiger partial charge in [-0.2, -0.15) is 0 Å². The molecule has 0 bridgehead atoms. The molecule has 1 aliphatic heterocycles. The second-order valence-electron chi connectivity index (χ2n) is 6.99. The number of hydrogen-bond acceptors (Lipinski definition) is 4. The highest BCUT2D eigenvalue weighted by molar-refractivity contribution is 5.92. The van der Waals surface area contributed by atoms with Gasteiger partial charge in [0.15, 0.2) is 0 Å². The van der Waals surface area contributed by atoms with Gasteiger partial charge in [-0.05, 0) is 37.6 Å². The van der Waals surface area contributed by atoms with Gasteiger partial charge in [-0.15, -0.1) is 0 Å². The number of benzene rings is 1. The quantitative estimate of drug-likeness (QED) is 0.869. The number of hydrogen-bond donors (Lipinski definition) is 1. The van der Waals surface area contributed by atoms with Gasteiger partial charge in [0.05, 0.1) is 19.8 Å². The third-order valence-electron chi connectivity index (χ3n) is 5.09. The summed E-state index contributed by atoms with van der Waals surface area (Å²) in [6.45, 7) is 5.05. The van der Waals surface area contributed by atoms with E-state index in [0.717, 1.165) is 38.5 Å². The number of ether oxygens (including phenoxy) is 1. The van der Waals surface area contributed by atoms with Crippen molar-refractivity contribution in [2.24, 2.45) is 0 Å². The number of amides is 1. The summed E-state index contributed by atoms with van der Waals surface area (Å²) in [5.41, 5.74) is 2.16. The largest absolute Gasteiger partial charge is 0.379 e. The first-order valence-electron chi connectivity index (χ1n) is 9.10. The fourth-order valence-corrected chi connectivity index (χ4v) is 3.61. The SMILES string of the molecule is CN(CC(=O)Nc1ccc(CN2CCOCC2)cc1)C1CCCC1. The zero-order valence-corrected chi connectivity index (χ0v) is 14.7. The summed E-state index contributed by atoms with van der Waals surface area (Å²) in [5, 5.41) is 3.01. The molecule has 0 unspecified atom stereocenters. The summed E-state index contributed by atoms with van der Waals surface area (Å²) < 4.78 is 5.38. The molecule has 1 amide bonds. The molecule has 0 spiro atoms. The lowest BCUT2D eigenvalue weighted by Gasteiger charge is -2.26. The Morgan fingerprint density at radius 2 is 1.88 bits per heavy atom. The first-order chi connectivity index (χ1) is 11.7. The number of nitrogens with one attached hydrogen (secondary N) is 1. The average molecular weight is 331 g/mol. The molecule has 0 atom stereocenters. The Kier molecular flexibility index (Phi) is 6.24. The number of anilines is 1. The van der Waals surface area contributed by atoms with Crippen LogP contribution in [0.4, 0.5) is 5.69 Å². The van der Waals surface area contributed by atoms with Crippen LogP contribution >= 0.6 is 0 Å². The van der Waals surface area contributed by atoms with Crippen LogP contribution in [-0.2, 0) is 16.1 Å². The average Bonchev–Trinajstić information content (AvgIpc) is 3.12. The van der Waals surface area contributed by atoms with Crippen LogP contribution in [0, 0.1) is 0 Å². The van der Waals surface area contributed by atoms with E-state index in [4.69, 9.17) is 4.74 Å². The van der Waals surface area contributed by atoms with E-state index in [2.05, 4.69) is 34.3 Å². The Hall–Kier alpha value is -1.43. The maximum atomic E-state index is 12.2. The maximum Gasteiger partial charge on any atom is 0.238 e. The van der Waals surface area contributed by atoms with Crippen LogP contribution in [0.25, 0.3) is 0 Å². The zero-order valence-electron chi connectivity index (χ0n) is 14.7. The van der Waals surface area contributed by atoms with E-state index >= 15 is 0 Å². The van der Waals surface area contributed by atoms with Crippen molar-refractivity contribution in [3.63, 3.8) is 0 Å². The summed E-state index contributed by atoms with van der Waals surface area (Å²) in [5.74, 6) is 0.0744. The van der Waals surface area contributed by atoms with Crippen LogP contribution in [0.15, 0.2) is 24.3 Å². The smallest absolute Gasteiger partial charge is 0.238 e. The summed E-state index contributed by atoms with van der Waals surface area (Å²) in [6.07, 6.45) is 5.03. The Balaban J connectivity index is 1.45. The van der Waals surface area contributed by atoms with Gasteiger partial charge in [0.2, 0.25) is 5.91 Å². The van der Waals surface area contributed by atoms with Crippen LogP contribution in [0.5, 0.6) is 0 Å². The Morgan fingerprint density at radius 3 is 2.54 bits per heavy atom. The summed E-state index contributed by atoms with van der Waals surface area (Å²) in [6, 6.07) is 8.79. The molecule has 132 valence electrons. The molecule has 1 saturated carbocycles. The van der Waals surface area contributed by atoms with Crippen molar-refractivity contribution in [2.75, 3.05) is 45.2 Å². The fraction of sp³-hybridized carbons (Fsp3) is 0.632. The van der Waals surface area contributed by atoms with E-state index in [9.17, 15) is 4.79 Å². The van der Waals surface area contributed by atoms with Crippen LogP contribution in [-0.4, -0.2) is 61.6 Å². The van der Waals surface area contributed by atoms with E-state index in [1.165, 1.54) is 31.2 Å². The highest BCUT2D eigenvalue weighted by Gasteiger charge is 2.21. The predicted molar refractivity (Wildman–Crippen MR) is 96.1 cm³/mol. The first kappa shape index (κ1) is 17.4. The van der Waals surface area contributed by atoms with E-state index in [-0.39, 0.29) is 5.91 Å². The van der Waals surface area contributed by atoms with Crippen molar-refractivity contribution in [1.82, 2.24) is 9.80 Å². The number of morpholine rings is 1. The third kappa shape index (κ3) is 5.03. The molecule has 2 fully saturated rings. The first-order valence-corrected chi connectivity index (χ1v) is 9.10. The van der Waals surface area contributed by atoms with Crippen LogP contribution in [0.2, 0.25) is 0 Å². The molecule has 1 heterocycles. The van der Waals surface area contributed by atoms with Gasteiger partial charge in [0, 0.05) is 31.4 Å². The zero-order chi connectivity index (χ0) is 16.8. The van der Waals surface area contributed by atoms with Gasteiger partial charge < -0.3 is 10.1 Å². The number of carbonyl (C=O) groups is 1. The minimum absolute atomic E-state index is 0.0744. The summed E-state index contributed by atoms with van der Waals surface area (Å²) >= 11 is 0. The lowest BCUT2D eigenvalue weighted by molar-refractivity contribution is -0.117. The second-order valence-corrected chi connectivity index (χ2v) is 6.99. The lowest BCUT2D eigenvalue weighted by Crippen LogP contribution is -2.36. The van der Waals surface area contributed by atoms with Crippen LogP contribution in [0.3, 0.4) is 0 Å². The normalized spacial score (nSPS) is 19.8. The molecule has 5 heteroatoms. The number of nitrogens with zero attached hydrogens (tertiary/aromatic N) is 2. The number of likely N-dealkylation sites (N-methyl/N-ethyl adjacent to an activating group) is 1. The molecule has 1 aromatic rings. The van der Waals surface area contributed by atoms with Crippen molar-refractivity contribution >= 4 is 11.6 Å².